The van der Waals surface area contributed by atoms with Gasteiger partial charge in [-0.25, -0.2) is 4.98 Å². The van der Waals surface area contributed by atoms with Gasteiger partial charge in [0.05, 0.1) is 22.7 Å². The molecular weight excluding hydrogens is 413 g/mol. The van der Waals surface area contributed by atoms with Crippen LogP contribution in [0.4, 0.5) is 13.2 Å². The van der Waals surface area contributed by atoms with Gasteiger partial charge in [0.25, 0.3) is 5.56 Å². The highest BCUT2D eigenvalue weighted by Gasteiger charge is 2.27. The molecule has 10 heteroatoms. The number of hydrogen-bond acceptors (Lipinski definition) is 6. The van der Waals surface area contributed by atoms with Crippen molar-refractivity contribution >= 4 is 21.7 Å². The normalized spacial score (nSPS) is 13.1. The number of nitrogens with two attached hydrogens (primary N) is 1. The molecule has 0 aliphatic carbocycles. The van der Waals surface area contributed by atoms with E-state index in [0.717, 1.165) is 5.39 Å². The van der Waals surface area contributed by atoms with Gasteiger partial charge >= 0.3 is 6.18 Å². The van der Waals surface area contributed by atoms with Crippen molar-refractivity contribution in [2.45, 2.75) is 25.1 Å². The van der Waals surface area contributed by atoms with Crippen molar-refractivity contribution in [2.75, 3.05) is 6.61 Å². The van der Waals surface area contributed by atoms with Crippen molar-refractivity contribution in [3.63, 3.8) is 0 Å². The summed E-state index contributed by atoms with van der Waals surface area (Å²) in [6.07, 6.45) is 0.350. The van der Waals surface area contributed by atoms with E-state index < -0.39 is 18.6 Å². The maximum atomic E-state index is 12.7. The lowest BCUT2D eigenvalue weighted by Gasteiger charge is -2.18. The fourth-order valence-corrected chi connectivity index (χ4v) is 3.44. The summed E-state index contributed by atoms with van der Waals surface area (Å²) in [6.45, 7) is -0.131. The van der Waals surface area contributed by atoms with Gasteiger partial charge in [0.2, 0.25) is 0 Å². The Balaban J connectivity index is 1.79. The molecule has 0 bridgehead atoms. The standard InChI is InChI=1S/C21H19F3N4O3/c1-28-17-7-18(30-10-12(25)2-4-21(22,23)24)15(19-9-27-11-31-19)6-14(17)13-3-5-26-8-16(13)20(28)29/h3,5-9,11-12H,2,4,10,25H2,1H3. The fourth-order valence-electron chi connectivity index (χ4n) is 3.44. The van der Waals surface area contributed by atoms with Gasteiger partial charge in [-0.1, -0.05) is 0 Å². The first-order valence-corrected chi connectivity index (χ1v) is 9.49. The van der Waals surface area contributed by atoms with Crippen LogP contribution in [0.1, 0.15) is 12.8 Å². The molecule has 2 N–H and O–H groups in total. The molecule has 4 rings (SSSR count). The number of aromatic nitrogens is 3. The van der Waals surface area contributed by atoms with E-state index in [2.05, 4.69) is 9.97 Å². The van der Waals surface area contributed by atoms with Crippen LogP contribution in [-0.4, -0.2) is 33.4 Å². The Morgan fingerprint density at radius 2 is 2.00 bits per heavy atom. The fraction of sp³-hybridized carbons (Fsp3) is 0.286. The summed E-state index contributed by atoms with van der Waals surface area (Å²) in [6, 6.07) is 4.39. The highest BCUT2D eigenvalue weighted by Crippen LogP contribution is 2.36. The second kappa shape index (κ2) is 8.03. The first-order chi connectivity index (χ1) is 14.7. The number of fused-ring (bicyclic) bond motifs is 3. The second-order valence-electron chi connectivity index (χ2n) is 7.24. The number of rotatable bonds is 6. The van der Waals surface area contributed by atoms with Crippen LogP contribution in [0.15, 0.2) is 52.4 Å². The van der Waals surface area contributed by atoms with Crippen molar-refractivity contribution in [1.82, 2.24) is 14.5 Å². The van der Waals surface area contributed by atoms with Gasteiger partial charge in [-0.2, -0.15) is 13.2 Å². The zero-order valence-corrected chi connectivity index (χ0v) is 16.5. The van der Waals surface area contributed by atoms with E-state index in [9.17, 15) is 18.0 Å². The van der Waals surface area contributed by atoms with Crippen LogP contribution in [-0.2, 0) is 7.05 Å². The van der Waals surface area contributed by atoms with Crippen LogP contribution < -0.4 is 16.0 Å². The van der Waals surface area contributed by atoms with Crippen molar-refractivity contribution in [3.8, 4) is 17.1 Å². The molecule has 4 aromatic rings. The first kappa shape index (κ1) is 20.9. The minimum Gasteiger partial charge on any atom is -0.491 e. The maximum absolute atomic E-state index is 12.7. The molecule has 1 aromatic carbocycles. The number of halogens is 3. The lowest BCUT2D eigenvalue weighted by atomic mass is 10.0. The molecule has 162 valence electrons. The van der Waals surface area contributed by atoms with E-state index >= 15 is 0 Å². The molecule has 0 amide bonds. The summed E-state index contributed by atoms with van der Waals surface area (Å²) in [4.78, 5) is 20.7. The van der Waals surface area contributed by atoms with E-state index in [1.165, 1.54) is 23.4 Å². The number of aryl methyl sites for hydroxylation is 1. The summed E-state index contributed by atoms with van der Waals surface area (Å²) in [5.41, 5.74) is 6.72. The number of nitrogens with zero attached hydrogens (tertiary/aromatic N) is 3. The van der Waals surface area contributed by atoms with Gasteiger partial charge in [0.15, 0.2) is 12.2 Å². The molecule has 7 nitrogen and oxygen atoms in total. The maximum Gasteiger partial charge on any atom is 0.389 e. The quantitative estimate of drug-likeness (QED) is 0.466. The van der Waals surface area contributed by atoms with Crippen LogP contribution in [0.3, 0.4) is 0 Å². The first-order valence-electron chi connectivity index (χ1n) is 9.49. The molecular formula is C21H19F3N4O3. The molecule has 0 spiro atoms. The Morgan fingerprint density at radius 3 is 2.71 bits per heavy atom. The van der Waals surface area contributed by atoms with Crippen molar-refractivity contribution < 1.29 is 22.3 Å². The lowest BCUT2D eigenvalue weighted by molar-refractivity contribution is -0.136. The van der Waals surface area contributed by atoms with Gasteiger partial charge in [-0.3, -0.25) is 9.78 Å². The number of ether oxygens (including phenoxy) is 1. The number of oxazole rings is 1. The number of alkyl halides is 3. The number of benzene rings is 1. The predicted octanol–water partition coefficient (Wildman–Crippen LogP) is 3.79. The Labute approximate surface area is 174 Å². The summed E-state index contributed by atoms with van der Waals surface area (Å²) in [5.74, 6) is 0.743. The third-order valence-corrected chi connectivity index (χ3v) is 5.05. The second-order valence-corrected chi connectivity index (χ2v) is 7.24. The Hall–Kier alpha value is -3.40. The largest absolute Gasteiger partial charge is 0.491 e. The molecule has 0 saturated heterocycles. The van der Waals surface area contributed by atoms with Crippen LogP contribution in [0.5, 0.6) is 5.75 Å². The van der Waals surface area contributed by atoms with Crippen LogP contribution in [0, 0.1) is 0 Å². The van der Waals surface area contributed by atoms with E-state index in [0.29, 0.717) is 33.4 Å². The highest BCUT2D eigenvalue weighted by atomic mass is 19.4. The number of hydrogen-bond donors (Lipinski definition) is 1. The predicted molar refractivity (Wildman–Crippen MR) is 109 cm³/mol. The van der Waals surface area contributed by atoms with E-state index in [-0.39, 0.29) is 18.6 Å². The van der Waals surface area contributed by atoms with Gasteiger partial charge < -0.3 is 19.5 Å². The minimum atomic E-state index is -4.28. The van der Waals surface area contributed by atoms with Crippen LogP contribution >= 0.6 is 0 Å². The monoisotopic (exact) mass is 432 g/mol. The average Bonchev–Trinajstić information content (AvgIpc) is 3.28. The molecule has 1 unspecified atom stereocenters. The minimum absolute atomic E-state index is 0.131. The molecule has 3 heterocycles. The van der Waals surface area contributed by atoms with Crippen molar-refractivity contribution in [1.29, 1.82) is 0 Å². The van der Waals surface area contributed by atoms with Crippen LogP contribution in [0.25, 0.3) is 33.0 Å². The van der Waals surface area contributed by atoms with Crippen molar-refractivity contribution in [2.24, 2.45) is 12.8 Å². The summed E-state index contributed by atoms with van der Waals surface area (Å²) in [5, 5.41) is 1.94. The molecule has 0 saturated carbocycles. The Morgan fingerprint density at radius 1 is 1.19 bits per heavy atom. The van der Waals surface area contributed by atoms with Gasteiger partial charge in [0.1, 0.15) is 12.4 Å². The smallest absolute Gasteiger partial charge is 0.389 e. The molecule has 0 fully saturated rings. The zero-order valence-electron chi connectivity index (χ0n) is 16.5. The summed E-state index contributed by atoms with van der Waals surface area (Å²) < 4.78 is 50.1. The summed E-state index contributed by atoms with van der Waals surface area (Å²) in [7, 11) is 1.63. The molecule has 0 aliphatic rings. The van der Waals surface area contributed by atoms with Gasteiger partial charge in [0, 0.05) is 43.4 Å². The lowest BCUT2D eigenvalue weighted by Crippen LogP contribution is -2.29. The summed E-state index contributed by atoms with van der Waals surface area (Å²) >= 11 is 0. The topological polar surface area (TPSA) is 96.2 Å². The third-order valence-electron chi connectivity index (χ3n) is 5.05. The molecule has 0 radical (unpaired) electrons. The third kappa shape index (κ3) is 4.24. The Kier molecular flexibility index (Phi) is 5.40. The average molecular weight is 432 g/mol. The van der Waals surface area contributed by atoms with Gasteiger partial charge in [-0.05, 0) is 23.9 Å². The SMILES string of the molecule is Cn1c(=O)c2cnccc2c2cc(-c3cnco3)c(OCC(N)CCC(F)(F)F)cc21. The zero-order chi connectivity index (χ0) is 22.2. The van der Waals surface area contributed by atoms with E-state index in [1.54, 1.807) is 31.4 Å². The van der Waals surface area contributed by atoms with E-state index in [1.807, 2.05) is 0 Å². The van der Waals surface area contributed by atoms with E-state index in [4.69, 9.17) is 14.9 Å². The molecule has 0 aliphatic heterocycles. The molecule has 3 aromatic heterocycles. The van der Waals surface area contributed by atoms with Crippen molar-refractivity contribution in [3.05, 3.63) is 53.5 Å². The molecule has 31 heavy (non-hydrogen) atoms. The van der Waals surface area contributed by atoms with Crippen LogP contribution in [0.2, 0.25) is 0 Å². The Bertz CT molecular complexity index is 1280. The highest BCUT2D eigenvalue weighted by molar-refractivity contribution is 6.07. The number of pyridine rings is 2. The molecule has 1 atom stereocenters. The van der Waals surface area contributed by atoms with Gasteiger partial charge in [-0.15, -0.1) is 0 Å².